The van der Waals surface area contributed by atoms with Crippen molar-refractivity contribution in [3.05, 3.63) is 79.0 Å². The summed E-state index contributed by atoms with van der Waals surface area (Å²) in [5, 5.41) is 5.23. The van der Waals surface area contributed by atoms with Gasteiger partial charge in [-0.25, -0.2) is 9.78 Å². The van der Waals surface area contributed by atoms with E-state index >= 15 is 0 Å². The van der Waals surface area contributed by atoms with Crippen LogP contribution >= 0.6 is 27.5 Å². The molecule has 0 amide bonds. The van der Waals surface area contributed by atoms with Crippen LogP contribution in [0.3, 0.4) is 0 Å². The van der Waals surface area contributed by atoms with E-state index in [1.54, 1.807) is 31.2 Å². The third-order valence-corrected chi connectivity index (χ3v) is 8.31. The fourth-order valence-electron chi connectivity index (χ4n) is 4.66. The van der Waals surface area contributed by atoms with E-state index in [9.17, 15) is 9.59 Å². The van der Waals surface area contributed by atoms with Crippen molar-refractivity contribution in [2.24, 2.45) is 5.10 Å². The Balaban J connectivity index is 1.92. The molecule has 1 aromatic heterocycles. The summed E-state index contributed by atoms with van der Waals surface area (Å²) in [7, 11) is 1.28. The lowest BCUT2D eigenvalue weighted by Crippen LogP contribution is -2.25. The first-order valence-electron chi connectivity index (χ1n) is 14.2. The summed E-state index contributed by atoms with van der Waals surface area (Å²) in [6.07, 6.45) is 0.571. The molecule has 0 radical (unpaired) electrons. The van der Waals surface area contributed by atoms with Gasteiger partial charge in [-0.3, -0.25) is 4.79 Å². The Morgan fingerprint density at radius 2 is 1.77 bits per heavy atom. The zero-order valence-electron chi connectivity index (χ0n) is 25.7. The highest BCUT2D eigenvalue weighted by molar-refractivity contribution is 9.10. The second-order valence-corrected chi connectivity index (χ2v) is 11.4. The third kappa shape index (κ3) is 6.76. The SMILES string of the molecule is CCOc1cc(C)c(-c2nc3ccccc3c(=O)n2N=Cc2cc(OCC)c(O[C@H](C)C(=O)OC)c(Cl)c2Br)cc1C(C)C. The van der Waals surface area contributed by atoms with E-state index in [4.69, 9.17) is 35.5 Å². The summed E-state index contributed by atoms with van der Waals surface area (Å²) in [4.78, 5) is 30.8. The third-order valence-electron chi connectivity index (χ3n) is 6.87. The first-order valence-corrected chi connectivity index (χ1v) is 15.4. The molecule has 0 aliphatic rings. The van der Waals surface area contributed by atoms with E-state index in [1.165, 1.54) is 18.0 Å². The molecule has 0 fully saturated rings. The smallest absolute Gasteiger partial charge is 0.346 e. The van der Waals surface area contributed by atoms with Crippen molar-refractivity contribution in [1.29, 1.82) is 0 Å². The van der Waals surface area contributed by atoms with Crippen LogP contribution in [0.5, 0.6) is 17.2 Å². The Morgan fingerprint density at radius 3 is 2.43 bits per heavy atom. The van der Waals surface area contributed by atoms with Gasteiger partial charge >= 0.3 is 5.97 Å². The van der Waals surface area contributed by atoms with Gasteiger partial charge in [-0.15, -0.1) is 0 Å². The van der Waals surface area contributed by atoms with Gasteiger partial charge in [-0.2, -0.15) is 9.78 Å². The van der Waals surface area contributed by atoms with E-state index in [1.807, 2.05) is 39.0 Å². The van der Waals surface area contributed by atoms with Crippen LogP contribution in [0.25, 0.3) is 22.3 Å². The van der Waals surface area contributed by atoms with Crippen molar-refractivity contribution in [2.75, 3.05) is 20.3 Å². The summed E-state index contributed by atoms with van der Waals surface area (Å²) in [5.41, 5.74) is 3.37. The molecule has 9 nitrogen and oxygen atoms in total. The predicted octanol–water partition coefficient (Wildman–Crippen LogP) is 7.53. The molecule has 1 atom stereocenters. The summed E-state index contributed by atoms with van der Waals surface area (Å²) < 4.78 is 24.0. The quantitative estimate of drug-likeness (QED) is 0.119. The number of nitrogens with zero attached hydrogens (tertiary/aromatic N) is 3. The second-order valence-electron chi connectivity index (χ2n) is 10.2. The first-order chi connectivity index (χ1) is 21.0. The molecule has 0 unspecified atom stereocenters. The summed E-state index contributed by atoms with van der Waals surface area (Å²) >= 11 is 10.2. The zero-order chi connectivity index (χ0) is 32.1. The Hall–Kier alpha value is -3.89. The maximum atomic E-state index is 13.9. The number of halogens is 2. The number of esters is 1. The van der Waals surface area contributed by atoms with Crippen molar-refractivity contribution < 1.29 is 23.7 Å². The summed E-state index contributed by atoms with van der Waals surface area (Å²) in [6.45, 7) is 12.3. The van der Waals surface area contributed by atoms with Crippen LogP contribution in [-0.2, 0) is 9.53 Å². The van der Waals surface area contributed by atoms with Crippen LogP contribution in [-0.4, -0.2) is 48.3 Å². The van der Waals surface area contributed by atoms with Gasteiger partial charge in [-0.05, 0) is 91.0 Å². The van der Waals surface area contributed by atoms with Crippen LogP contribution in [0.4, 0.5) is 0 Å². The molecule has 11 heteroatoms. The molecule has 0 bridgehead atoms. The molecule has 0 N–H and O–H groups in total. The van der Waals surface area contributed by atoms with Gasteiger partial charge < -0.3 is 18.9 Å². The van der Waals surface area contributed by atoms with Gasteiger partial charge in [0.2, 0.25) is 0 Å². The van der Waals surface area contributed by atoms with Crippen molar-refractivity contribution in [2.45, 2.75) is 53.6 Å². The average molecular weight is 685 g/mol. The van der Waals surface area contributed by atoms with E-state index in [2.05, 4.69) is 34.9 Å². The number of carbonyl (C=O) groups is 1. The predicted molar refractivity (Wildman–Crippen MR) is 177 cm³/mol. The molecular formula is C33H35BrClN3O6. The minimum Gasteiger partial charge on any atom is -0.494 e. The van der Waals surface area contributed by atoms with Crippen molar-refractivity contribution in [3.8, 4) is 28.6 Å². The maximum Gasteiger partial charge on any atom is 0.346 e. The highest BCUT2D eigenvalue weighted by atomic mass is 79.9. The average Bonchev–Trinajstić information content (AvgIpc) is 3.00. The number of hydrogen-bond acceptors (Lipinski definition) is 8. The molecule has 232 valence electrons. The summed E-state index contributed by atoms with van der Waals surface area (Å²) in [5.74, 6) is 1.25. The van der Waals surface area contributed by atoms with Gasteiger partial charge in [0.15, 0.2) is 23.4 Å². The highest BCUT2D eigenvalue weighted by Crippen LogP contribution is 2.43. The Bertz CT molecular complexity index is 1790. The standard InChI is InChI=1S/C33H35BrClN3O6/c1-8-42-26-14-19(5)24(16-23(26)18(3)4)31-37-25-13-11-10-12-22(25)32(39)38(31)36-17-21-15-27(43-9-2)30(29(35)28(21)34)44-20(6)33(40)41-7/h10-18,20H,8-9H2,1-7H3/t20-/m1/s1. The minimum atomic E-state index is -0.930. The van der Waals surface area contributed by atoms with Crippen LogP contribution < -0.4 is 19.8 Å². The number of aromatic nitrogens is 2. The van der Waals surface area contributed by atoms with E-state index < -0.39 is 12.1 Å². The molecule has 44 heavy (non-hydrogen) atoms. The molecule has 0 aliphatic heterocycles. The first kappa shape index (κ1) is 33.0. The van der Waals surface area contributed by atoms with Crippen molar-refractivity contribution >= 4 is 50.6 Å². The molecule has 1 heterocycles. The van der Waals surface area contributed by atoms with Crippen LogP contribution in [0.1, 0.15) is 57.2 Å². The Labute approximate surface area is 269 Å². The molecular weight excluding hydrogens is 650 g/mol. The van der Waals surface area contributed by atoms with Gasteiger partial charge in [0.1, 0.15) is 10.8 Å². The largest absolute Gasteiger partial charge is 0.494 e. The molecule has 0 spiro atoms. The molecule has 0 saturated carbocycles. The van der Waals surface area contributed by atoms with Crippen LogP contribution in [0.15, 0.2) is 56.8 Å². The van der Waals surface area contributed by atoms with E-state index in [0.29, 0.717) is 45.7 Å². The normalized spacial score (nSPS) is 12.1. The topological polar surface area (TPSA) is 101 Å². The lowest BCUT2D eigenvalue weighted by Gasteiger charge is -2.19. The Morgan fingerprint density at radius 1 is 1.09 bits per heavy atom. The molecule has 4 rings (SSSR count). The lowest BCUT2D eigenvalue weighted by atomic mass is 9.96. The summed E-state index contributed by atoms with van der Waals surface area (Å²) in [6, 6.07) is 12.8. The molecule has 3 aromatic carbocycles. The second kappa shape index (κ2) is 14.3. The molecule has 4 aromatic rings. The number of ether oxygens (including phenoxy) is 4. The number of aryl methyl sites for hydroxylation is 1. The number of hydrogen-bond donors (Lipinski definition) is 0. The Kier molecular flexibility index (Phi) is 10.7. The van der Waals surface area contributed by atoms with Crippen molar-refractivity contribution in [1.82, 2.24) is 9.66 Å². The van der Waals surface area contributed by atoms with E-state index in [-0.39, 0.29) is 22.2 Å². The number of rotatable bonds is 11. The van der Waals surface area contributed by atoms with Gasteiger partial charge in [0.25, 0.3) is 5.56 Å². The van der Waals surface area contributed by atoms with E-state index in [0.717, 1.165) is 22.4 Å². The number of fused-ring (bicyclic) bond motifs is 1. The number of methoxy groups -OCH3 is 1. The minimum absolute atomic E-state index is 0.165. The van der Waals surface area contributed by atoms with Crippen molar-refractivity contribution in [3.63, 3.8) is 0 Å². The van der Waals surface area contributed by atoms with Gasteiger partial charge in [0.05, 0.1) is 37.4 Å². The van der Waals surface area contributed by atoms with Crippen LogP contribution in [0.2, 0.25) is 5.02 Å². The highest BCUT2D eigenvalue weighted by Gasteiger charge is 2.24. The maximum absolute atomic E-state index is 13.9. The number of para-hydroxylation sites is 1. The number of benzene rings is 3. The molecule has 0 saturated heterocycles. The van der Waals surface area contributed by atoms with Gasteiger partial charge in [-0.1, -0.05) is 37.6 Å². The zero-order valence-corrected chi connectivity index (χ0v) is 28.1. The number of carbonyl (C=O) groups excluding carboxylic acids is 1. The monoisotopic (exact) mass is 683 g/mol. The van der Waals surface area contributed by atoms with Crippen LogP contribution in [0, 0.1) is 6.92 Å². The lowest BCUT2D eigenvalue weighted by molar-refractivity contribution is -0.147. The molecule has 0 aliphatic carbocycles. The van der Waals surface area contributed by atoms with Gasteiger partial charge in [0, 0.05) is 15.6 Å². The fourth-order valence-corrected chi connectivity index (χ4v) is 5.30. The fraction of sp³-hybridized carbons (Fsp3) is 0.333.